The van der Waals surface area contributed by atoms with Crippen molar-refractivity contribution in [3.05, 3.63) is 55.1 Å². The van der Waals surface area contributed by atoms with Gasteiger partial charge in [0.1, 0.15) is 0 Å². The normalized spacial score (nSPS) is 12.0. The molecule has 0 amide bonds. The molecule has 2 rings (SSSR count). The lowest BCUT2D eigenvalue weighted by Gasteiger charge is -2.10. The maximum absolute atomic E-state index is 10.8. The lowest BCUT2D eigenvalue weighted by atomic mass is 10.2. The van der Waals surface area contributed by atoms with Crippen LogP contribution >= 0.6 is 31.9 Å². The van der Waals surface area contributed by atoms with Gasteiger partial charge < -0.3 is 10.5 Å². The number of non-ortho nitro benzene ring substituents is 1. The Morgan fingerprint density at radius 3 is 2.38 bits per heavy atom. The number of nitro groups is 1. The molecule has 1 atom stereocenters. The van der Waals surface area contributed by atoms with Crippen molar-refractivity contribution in [1.29, 1.82) is 0 Å². The molecule has 0 radical (unpaired) electrons. The van der Waals surface area contributed by atoms with Crippen LogP contribution in [0.25, 0.3) is 0 Å². The predicted octanol–water partition coefficient (Wildman–Crippen LogP) is 4.33. The molecule has 8 heteroatoms. The fourth-order valence-corrected chi connectivity index (χ4v) is 2.90. The number of aromatic nitrogens is 1. The molecular formula is C13H11Br2N3O3. The number of pyridine rings is 1. The molecular weight excluding hydrogens is 406 g/mol. The first-order valence-corrected chi connectivity index (χ1v) is 7.50. The molecule has 0 aliphatic heterocycles. The number of nitrogens with two attached hydrogens (primary N) is 1. The molecule has 0 bridgehead atoms. The Bertz CT molecular complexity index is 652. The van der Waals surface area contributed by atoms with Crippen LogP contribution in [0.1, 0.15) is 18.5 Å². The van der Waals surface area contributed by atoms with Gasteiger partial charge in [0.15, 0.2) is 5.75 Å². The van der Waals surface area contributed by atoms with Crippen LogP contribution in [0.4, 0.5) is 5.69 Å². The van der Waals surface area contributed by atoms with Crippen LogP contribution in [0.5, 0.6) is 11.6 Å². The smallest absolute Gasteiger partial charge is 0.271 e. The molecule has 1 aromatic heterocycles. The molecule has 6 nitrogen and oxygen atoms in total. The van der Waals surface area contributed by atoms with E-state index in [4.69, 9.17) is 10.5 Å². The third-order valence-corrected chi connectivity index (χ3v) is 3.86. The van der Waals surface area contributed by atoms with Crippen molar-refractivity contribution in [2.75, 3.05) is 0 Å². The van der Waals surface area contributed by atoms with E-state index in [1.54, 1.807) is 12.3 Å². The molecule has 2 aromatic rings. The monoisotopic (exact) mass is 415 g/mol. The zero-order chi connectivity index (χ0) is 15.6. The third kappa shape index (κ3) is 3.78. The summed E-state index contributed by atoms with van der Waals surface area (Å²) >= 11 is 6.51. The Labute approximate surface area is 137 Å². The molecule has 0 saturated carbocycles. The van der Waals surface area contributed by atoms with E-state index in [2.05, 4.69) is 36.8 Å². The van der Waals surface area contributed by atoms with E-state index in [0.29, 0.717) is 20.6 Å². The maximum Gasteiger partial charge on any atom is 0.271 e. The summed E-state index contributed by atoms with van der Waals surface area (Å²) in [6.45, 7) is 1.86. The average Bonchev–Trinajstić information content (AvgIpc) is 2.43. The van der Waals surface area contributed by atoms with Gasteiger partial charge in [-0.25, -0.2) is 4.98 Å². The van der Waals surface area contributed by atoms with E-state index in [9.17, 15) is 10.1 Å². The van der Waals surface area contributed by atoms with Crippen LogP contribution in [0.15, 0.2) is 39.4 Å². The molecule has 0 fully saturated rings. The summed E-state index contributed by atoms with van der Waals surface area (Å²) in [6.07, 6.45) is 1.63. The first kappa shape index (κ1) is 15.9. The van der Waals surface area contributed by atoms with Crippen LogP contribution in [0.2, 0.25) is 0 Å². The minimum Gasteiger partial charge on any atom is -0.437 e. The number of halogens is 2. The number of benzene rings is 1. The molecule has 0 aliphatic rings. The SMILES string of the molecule is C[C@H](N)c1ccc(Oc2c(Br)cc([N+](=O)[O-])cc2Br)nc1. The second-order valence-electron chi connectivity index (χ2n) is 4.32. The molecule has 1 aromatic carbocycles. The summed E-state index contributed by atoms with van der Waals surface area (Å²) in [4.78, 5) is 14.5. The number of hydrogen-bond acceptors (Lipinski definition) is 5. The molecule has 1 heterocycles. The molecule has 2 N–H and O–H groups in total. The van der Waals surface area contributed by atoms with Gasteiger partial charge in [0.25, 0.3) is 5.69 Å². The number of rotatable bonds is 4. The Hall–Kier alpha value is -1.51. The van der Waals surface area contributed by atoms with Crippen molar-refractivity contribution in [2.45, 2.75) is 13.0 Å². The average molecular weight is 417 g/mol. The summed E-state index contributed by atoms with van der Waals surface area (Å²) in [6, 6.07) is 6.15. The van der Waals surface area contributed by atoms with Crippen LogP contribution in [-0.2, 0) is 0 Å². The third-order valence-electron chi connectivity index (χ3n) is 2.69. The van der Waals surface area contributed by atoms with Crippen LogP contribution < -0.4 is 10.5 Å². The summed E-state index contributed by atoms with van der Waals surface area (Å²) in [5.74, 6) is 0.788. The maximum atomic E-state index is 10.8. The van der Waals surface area contributed by atoms with E-state index >= 15 is 0 Å². The molecule has 0 unspecified atom stereocenters. The van der Waals surface area contributed by atoms with Gasteiger partial charge in [-0.3, -0.25) is 10.1 Å². The van der Waals surface area contributed by atoms with Crippen molar-refractivity contribution < 1.29 is 9.66 Å². The topological polar surface area (TPSA) is 91.3 Å². The van der Waals surface area contributed by atoms with Crippen molar-refractivity contribution in [2.24, 2.45) is 5.73 Å². The molecule has 110 valence electrons. The highest BCUT2D eigenvalue weighted by atomic mass is 79.9. The second-order valence-corrected chi connectivity index (χ2v) is 6.02. The van der Waals surface area contributed by atoms with Crippen LogP contribution in [0.3, 0.4) is 0 Å². The van der Waals surface area contributed by atoms with Gasteiger partial charge in [-0.1, -0.05) is 6.07 Å². The number of ether oxygens (including phenoxy) is 1. The van der Waals surface area contributed by atoms with Crippen LogP contribution in [-0.4, -0.2) is 9.91 Å². The largest absolute Gasteiger partial charge is 0.437 e. The van der Waals surface area contributed by atoms with Crippen LogP contribution in [0, 0.1) is 10.1 Å². The Morgan fingerprint density at radius 1 is 1.33 bits per heavy atom. The minimum atomic E-state index is -0.477. The lowest BCUT2D eigenvalue weighted by Crippen LogP contribution is -2.05. The van der Waals surface area contributed by atoms with Gasteiger partial charge in [-0.05, 0) is 44.3 Å². The summed E-state index contributed by atoms with van der Waals surface area (Å²) < 4.78 is 6.56. The minimum absolute atomic E-state index is 0.0404. The van der Waals surface area contributed by atoms with E-state index < -0.39 is 4.92 Å². The number of hydrogen-bond donors (Lipinski definition) is 1. The zero-order valence-corrected chi connectivity index (χ0v) is 14.1. The lowest BCUT2D eigenvalue weighted by molar-refractivity contribution is -0.385. The highest BCUT2D eigenvalue weighted by molar-refractivity contribution is 9.11. The molecule has 0 saturated heterocycles. The summed E-state index contributed by atoms with van der Waals surface area (Å²) in [5, 5.41) is 10.8. The predicted molar refractivity (Wildman–Crippen MR) is 85.4 cm³/mol. The van der Waals surface area contributed by atoms with E-state index in [-0.39, 0.29) is 11.7 Å². The van der Waals surface area contributed by atoms with Gasteiger partial charge in [0.05, 0.1) is 13.9 Å². The first-order chi connectivity index (χ1) is 9.88. The van der Waals surface area contributed by atoms with E-state index in [0.717, 1.165) is 5.56 Å². The zero-order valence-electron chi connectivity index (χ0n) is 10.9. The van der Waals surface area contributed by atoms with Gasteiger partial charge in [0.2, 0.25) is 5.88 Å². The van der Waals surface area contributed by atoms with Crippen molar-refractivity contribution >= 4 is 37.5 Å². The Kier molecular flexibility index (Phi) is 4.92. The van der Waals surface area contributed by atoms with Crippen molar-refractivity contribution in [3.8, 4) is 11.6 Å². The van der Waals surface area contributed by atoms with E-state index in [1.807, 2.05) is 13.0 Å². The quantitative estimate of drug-likeness (QED) is 0.591. The Balaban J connectivity index is 2.29. The van der Waals surface area contributed by atoms with Gasteiger partial charge in [-0.15, -0.1) is 0 Å². The summed E-state index contributed by atoms with van der Waals surface area (Å²) in [5.41, 5.74) is 6.60. The first-order valence-electron chi connectivity index (χ1n) is 5.91. The highest BCUT2D eigenvalue weighted by Gasteiger charge is 2.16. The molecule has 0 aliphatic carbocycles. The van der Waals surface area contributed by atoms with Gasteiger partial charge in [-0.2, -0.15) is 0 Å². The van der Waals surface area contributed by atoms with Crippen molar-refractivity contribution in [3.63, 3.8) is 0 Å². The fourth-order valence-electron chi connectivity index (χ4n) is 1.58. The summed E-state index contributed by atoms with van der Waals surface area (Å²) in [7, 11) is 0. The number of nitro benzene ring substituents is 1. The van der Waals surface area contributed by atoms with Gasteiger partial charge >= 0.3 is 0 Å². The number of nitrogens with zero attached hydrogens (tertiary/aromatic N) is 2. The second kappa shape index (κ2) is 6.50. The Morgan fingerprint density at radius 2 is 1.95 bits per heavy atom. The molecule has 0 spiro atoms. The van der Waals surface area contributed by atoms with E-state index in [1.165, 1.54) is 12.1 Å². The fraction of sp³-hybridized carbons (Fsp3) is 0.154. The molecule has 21 heavy (non-hydrogen) atoms. The standard InChI is InChI=1S/C13H11Br2N3O3/c1-7(16)8-2-3-12(17-6-8)21-13-10(14)4-9(18(19)20)5-11(13)15/h2-7H,16H2,1H3/t7-/m0/s1. The van der Waals surface area contributed by atoms with Crippen molar-refractivity contribution in [1.82, 2.24) is 4.98 Å². The highest BCUT2D eigenvalue weighted by Crippen LogP contribution is 2.39. The van der Waals surface area contributed by atoms with Gasteiger partial charge in [0, 0.05) is 30.4 Å².